The quantitative estimate of drug-likeness (QED) is 0.838. The van der Waals surface area contributed by atoms with E-state index < -0.39 is 0 Å². The Kier molecular flexibility index (Phi) is 3.46. The molecular weight excluding hydrogens is 217 g/mol. The van der Waals surface area contributed by atoms with Crippen molar-refractivity contribution in [3.63, 3.8) is 0 Å². The summed E-state index contributed by atoms with van der Waals surface area (Å²) >= 11 is 0. The zero-order valence-corrected chi connectivity index (χ0v) is 10.3. The van der Waals surface area contributed by atoms with Crippen LogP contribution in [0, 0.1) is 18.7 Å². The lowest BCUT2D eigenvalue weighted by Gasteiger charge is -2.13. The molecule has 0 saturated heterocycles. The number of carbonyl (C=O) groups excluding carboxylic acids is 1. The summed E-state index contributed by atoms with van der Waals surface area (Å²) in [6, 6.07) is 4.58. The molecule has 0 bridgehead atoms. The lowest BCUT2D eigenvalue weighted by molar-refractivity contribution is 0.0936. The van der Waals surface area contributed by atoms with Crippen molar-refractivity contribution in [3.8, 4) is 0 Å². The normalized spacial score (nSPS) is 23.7. The van der Waals surface area contributed by atoms with Crippen LogP contribution in [0.25, 0.3) is 0 Å². The molecule has 1 N–H and O–H groups in total. The van der Waals surface area contributed by atoms with Gasteiger partial charge in [-0.25, -0.2) is 4.39 Å². The molecule has 17 heavy (non-hydrogen) atoms. The summed E-state index contributed by atoms with van der Waals surface area (Å²) in [5, 5.41) is 2.99. The van der Waals surface area contributed by atoms with Gasteiger partial charge in [-0.2, -0.15) is 0 Å². The molecule has 92 valence electrons. The van der Waals surface area contributed by atoms with E-state index in [1.807, 2.05) is 6.92 Å². The molecule has 2 unspecified atom stereocenters. The van der Waals surface area contributed by atoms with E-state index in [0.29, 0.717) is 11.5 Å². The fourth-order valence-electron chi connectivity index (χ4n) is 2.44. The summed E-state index contributed by atoms with van der Waals surface area (Å²) in [5.41, 5.74) is 1.26. The second-order valence-electron chi connectivity index (χ2n) is 5.05. The number of rotatable bonds is 2. The first-order chi connectivity index (χ1) is 8.06. The lowest BCUT2D eigenvalue weighted by Crippen LogP contribution is -2.33. The van der Waals surface area contributed by atoms with Crippen LogP contribution in [0.5, 0.6) is 0 Å². The summed E-state index contributed by atoms with van der Waals surface area (Å²) in [6.07, 6.45) is 3.22. The number of benzene rings is 1. The smallest absolute Gasteiger partial charge is 0.251 e. The van der Waals surface area contributed by atoms with Gasteiger partial charge in [-0.05, 0) is 49.8 Å². The van der Waals surface area contributed by atoms with Gasteiger partial charge in [0, 0.05) is 11.6 Å². The molecule has 3 heteroatoms. The summed E-state index contributed by atoms with van der Waals surface area (Å²) in [4.78, 5) is 12.0. The van der Waals surface area contributed by atoms with Crippen molar-refractivity contribution in [3.05, 3.63) is 35.1 Å². The average Bonchev–Trinajstić information content (AvgIpc) is 2.67. The Morgan fingerprint density at radius 2 is 2.18 bits per heavy atom. The third-order valence-corrected chi connectivity index (χ3v) is 3.47. The maximum Gasteiger partial charge on any atom is 0.251 e. The average molecular weight is 235 g/mol. The molecule has 0 aliphatic heterocycles. The van der Waals surface area contributed by atoms with Crippen molar-refractivity contribution in [2.24, 2.45) is 5.92 Å². The van der Waals surface area contributed by atoms with Gasteiger partial charge < -0.3 is 5.32 Å². The van der Waals surface area contributed by atoms with Crippen LogP contribution in [0.3, 0.4) is 0 Å². The summed E-state index contributed by atoms with van der Waals surface area (Å²) in [5.74, 6) is 0.163. The van der Waals surface area contributed by atoms with E-state index in [1.54, 1.807) is 6.07 Å². The molecule has 1 aliphatic carbocycles. The zero-order valence-electron chi connectivity index (χ0n) is 10.3. The minimum absolute atomic E-state index is 0.152. The van der Waals surface area contributed by atoms with Gasteiger partial charge in [0.2, 0.25) is 0 Å². The van der Waals surface area contributed by atoms with Crippen molar-refractivity contribution in [2.75, 3.05) is 0 Å². The summed E-state index contributed by atoms with van der Waals surface area (Å²) in [6.45, 7) is 4.02. The van der Waals surface area contributed by atoms with Crippen LogP contribution < -0.4 is 5.32 Å². The minimum Gasteiger partial charge on any atom is -0.349 e. The predicted molar refractivity (Wildman–Crippen MR) is 65.4 cm³/mol. The fraction of sp³-hybridized carbons (Fsp3) is 0.500. The number of hydrogen-bond donors (Lipinski definition) is 1. The van der Waals surface area contributed by atoms with Gasteiger partial charge in [0.05, 0.1) is 0 Å². The van der Waals surface area contributed by atoms with E-state index in [1.165, 1.54) is 12.1 Å². The van der Waals surface area contributed by atoms with Gasteiger partial charge in [-0.1, -0.05) is 13.0 Å². The number of carbonyl (C=O) groups is 1. The Morgan fingerprint density at radius 3 is 2.82 bits per heavy atom. The van der Waals surface area contributed by atoms with Crippen LogP contribution in [0.1, 0.15) is 42.1 Å². The third kappa shape index (κ3) is 2.84. The number of halogens is 1. The number of hydrogen-bond acceptors (Lipinski definition) is 1. The molecule has 0 radical (unpaired) electrons. The highest BCUT2D eigenvalue weighted by Crippen LogP contribution is 2.25. The van der Waals surface area contributed by atoms with Gasteiger partial charge in [0.1, 0.15) is 5.82 Å². The van der Waals surface area contributed by atoms with Crippen LogP contribution in [0.4, 0.5) is 4.39 Å². The molecule has 1 saturated carbocycles. The number of aryl methyl sites for hydroxylation is 1. The molecule has 1 amide bonds. The van der Waals surface area contributed by atoms with Crippen molar-refractivity contribution < 1.29 is 9.18 Å². The first-order valence-electron chi connectivity index (χ1n) is 6.13. The predicted octanol–water partition coefficient (Wildman–Crippen LogP) is 3.05. The second kappa shape index (κ2) is 4.86. The Labute approximate surface area is 101 Å². The number of amides is 1. The standard InChI is InChI=1S/C14H18FNO/c1-9-3-6-12(7-9)16-14(17)13-8-11(15)5-4-10(13)2/h4-5,8-9,12H,3,6-7H2,1-2H3,(H,16,17). The van der Waals surface area contributed by atoms with E-state index in [4.69, 9.17) is 0 Å². The topological polar surface area (TPSA) is 29.1 Å². The van der Waals surface area contributed by atoms with E-state index in [2.05, 4.69) is 12.2 Å². The molecule has 2 nitrogen and oxygen atoms in total. The Balaban J connectivity index is 2.06. The Morgan fingerprint density at radius 1 is 1.41 bits per heavy atom. The lowest BCUT2D eigenvalue weighted by atomic mass is 10.1. The van der Waals surface area contributed by atoms with Crippen LogP contribution in [0.15, 0.2) is 18.2 Å². The van der Waals surface area contributed by atoms with Crippen molar-refractivity contribution in [1.29, 1.82) is 0 Å². The summed E-state index contributed by atoms with van der Waals surface area (Å²) < 4.78 is 13.1. The maximum atomic E-state index is 13.1. The molecule has 1 aliphatic rings. The Bertz CT molecular complexity index is 430. The first-order valence-corrected chi connectivity index (χ1v) is 6.13. The largest absolute Gasteiger partial charge is 0.349 e. The molecule has 0 spiro atoms. The van der Waals surface area contributed by atoms with Crippen molar-refractivity contribution >= 4 is 5.91 Å². The molecule has 0 heterocycles. The van der Waals surface area contributed by atoms with Crippen molar-refractivity contribution in [2.45, 2.75) is 39.2 Å². The van der Waals surface area contributed by atoms with E-state index >= 15 is 0 Å². The highest BCUT2D eigenvalue weighted by molar-refractivity contribution is 5.95. The van der Waals surface area contributed by atoms with Crippen LogP contribution >= 0.6 is 0 Å². The Hall–Kier alpha value is -1.38. The van der Waals surface area contributed by atoms with Gasteiger partial charge >= 0.3 is 0 Å². The van der Waals surface area contributed by atoms with E-state index in [-0.39, 0.29) is 17.8 Å². The SMILES string of the molecule is Cc1ccc(F)cc1C(=O)NC1CCC(C)C1. The fourth-order valence-corrected chi connectivity index (χ4v) is 2.44. The second-order valence-corrected chi connectivity index (χ2v) is 5.05. The van der Waals surface area contributed by atoms with Crippen molar-refractivity contribution in [1.82, 2.24) is 5.32 Å². The molecule has 2 atom stereocenters. The summed E-state index contributed by atoms with van der Waals surface area (Å²) in [7, 11) is 0. The third-order valence-electron chi connectivity index (χ3n) is 3.47. The molecule has 1 aromatic rings. The molecular formula is C14H18FNO. The van der Waals surface area contributed by atoms with Gasteiger partial charge in [0.25, 0.3) is 5.91 Å². The first kappa shape index (κ1) is 12.1. The van der Waals surface area contributed by atoms with Gasteiger partial charge in [-0.3, -0.25) is 4.79 Å². The monoisotopic (exact) mass is 235 g/mol. The molecule has 0 aromatic heterocycles. The maximum absolute atomic E-state index is 13.1. The van der Waals surface area contributed by atoms with Crippen LogP contribution in [-0.2, 0) is 0 Å². The van der Waals surface area contributed by atoms with Gasteiger partial charge in [0.15, 0.2) is 0 Å². The highest BCUT2D eigenvalue weighted by atomic mass is 19.1. The van der Waals surface area contributed by atoms with Crippen LogP contribution in [-0.4, -0.2) is 11.9 Å². The van der Waals surface area contributed by atoms with E-state index in [0.717, 1.165) is 24.8 Å². The molecule has 1 fully saturated rings. The minimum atomic E-state index is -0.361. The molecule has 2 rings (SSSR count). The van der Waals surface area contributed by atoms with Gasteiger partial charge in [-0.15, -0.1) is 0 Å². The number of nitrogens with one attached hydrogen (secondary N) is 1. The zero-order chi connectivity index (χ0) is 12.4. The highest BCUT2D eigenvalue weighted by Gasteiger charge is 2.23. The van der Waals surface area contributed by atoms with Crippen LogP contribution in [0.2, 0.25) is 0 Å². The molecule has 1 aromatic carbocycles. The van der Waals surface area contributed by atoms with E-state index in [9.17, 15) is 9.18 Å².